The molecule has 1 saturated carbocycles. The van der Waals surface area contributed by atoms with E-state index in [4.69, 9.17) is 17.3 Å². The van der Waals surface area contributed by atoms with Crippen molar-refractivity contribution in [2.24, 2.45) is 0 Å². The molecular formula is C21H20BrClN4O. The normalized spacial score (nSPS) is 19.7. The first-order valence-corrected chi connectivity index (χ1v) is 10.4. The first-order chi connectivity index (χ1) is 13.4. The first-order valence-electron chi connectivity index (χ1n) is 9.24. The van der Waals surface area contributed by atoms with Gasteiger partial charge in [0.25, 0.3) is 0 Å². The number of nitrogens with zero attached hydrogens (tertiary/aromatic N) is 3. The highest BCUT2D eigenvalue weighted by atomic mass is 79.9. The number of aryl methyl sites for hydroxylation is 1. The van der Waals surface area contributed by atoms with E-state index in [9.17, 15) is 10.4 Å². The Morgan fingerprint density at radius 1 is 1.29 bits per heavy atom. The maximum Gasteiger partial charge on any atom is 0.130 e. The molecule has 0 aliphatic heterocycles. The molecule has 1 fully saturated rings. The fraction of sp³-hybridized carbons (Fsp3) is 0.333. The minimum atomic E-state index is -0.214. The van der Waals surface area contributed by atoms with E-state index >= 15 is 0 Å². The highest BCUT2D eigenvalue weighted by molar-refractivity contribution is 9.10. The molecule has 4 rings (SSSR count). The Kier molecular flexibility index (Phi) is 5.09. The van der Waals surface area contributed by atoms with Crippen molar-refractivity contribution in [2.45, 2.75) is 44.8 Å². The fourth-order valence-electron chi connectivity index (χ4n) is 4.04. The van der Waals surface area contributed by atoms with Crippen molar-refractivity contribution in [1.82, 2.24) is 9.55 Å². The number of halogens is 2. The molecule has 0 unspecified atom stereocenters. The number of benzene rings is 1. The molecule has 0 spiro atoms. The second-order valence-electron chi connectivity index (χ2n) is 7.40. The fourth-order valence-corrected chi connectivity index (χ4v) is 4.70. The lowest BCUT2D eigenvalue weighted by molar-refractivity contribution is 0.111. The van der Waals surface area contributed by atoms with Crippen molar-refractivity contribution < 1.29 is 5.11 Å². The van der Waals surface area contributed by atoms with E-state index in [0.717, 1.165) is 53.3 Å². The van der Waals surface area contributed by atoms with E-state index in [0.29, 0.717) is 26.9 Å². The summed E-state index contributed by atoms with van der Waals surface area (Å²) in [5, 5.41) is 20.8. The SMILES string of the molecule is Cc1cc2c(cc1C#N)c(-c1cnc(Br)c(N)c1Cl)cn2C1CCC(O)CC1. The standard InChI is InChI=1S/C21H20BrClN4O/c1-11-6-18-15(7-12(11)8-24)17(16-9-26-21(22)20(25)19(16)23)10-27(18)13-2-4-14(28)5-3-13/h6-7,9-10,13-14,28H,2-5,25H2,1H3. The number of aliphatic hydroxyl groups is 1. The number of nitrogens with two attached hydrogens (primary N) is 1. The zero-order chi connectivity index (χ0) is 20.0. The summed E-state index contributed by atoms with van der Waals surface area (Å²) in [4.78, 5) is 4.31. The van der Waals surface area contributed by atoms with E-state index in [1.165, 1.54) is 0 Å². The summed E-state index contributed by atoms with van der Waals surface area (Å²) in [6.45, 7) is 1.95. The molecular weight excluding hydrogens is 440 g/mol. The lowest BCUT2D eigenvalue weighted by Gasteiger charge is -2.27. The van der Waals surface area contributed by atoms with Crippen molar-refractivity contribution in [2.75, 3.05) is 5.73 Å². The Morgan fingerprint density at radius 2 is 2.00 bits per heavy atom. The molecule has 144 valence electrons. The Hall–Kier alpha value is -2.07. The van der Waals surface area contributed by atoms with Gasteiger partial charge in [0.2, 0.25) is 0 Å². The van der Waals surface area contributed by atoms with Crippen LogP contribution < -0.4 is 5.73 Å². The summed E-state index contributed by atoms with van der Waals surface area (Å²) < 4.78 is 2.78. The third-order valence-electron chi connectivity index (χ3n) is 5.65. The molecule has 2 heterocycles. The van der Waals surface area contributed by atoms with Gasteiger partial charge in [-0.3, -0.25) is 0 Å². The van der Waals surface area contributed by atoms with Crippen LogP contribution >= 0.6 is 27.5 Å². The average Bonchev–Trinajstić information content (AvgIpc) is 3.04. The first kappa shape index (κ1) is 19.3. The number of aromatic nitrogens is 2. The Labute approximate surface area is 176 Å². The predicted octanol–water partition coefficient (Wildman–Crippen LogP) is 5.36. The number of nitriles is 1. The third-order valence-corrected chi connectivity index (χ3v) is 6.69. The van der Waals surface area contributed by atoms with Gasteiger partial charge in [0.05, 0.1) is 28.4 Å². The summed E-state index contributed by atoms with van der Waals surface area (Å²) in [5.41, 5.74) is 10.8. The molecule has 1 aliphatic carbocycles. The number of aliphatic hydroxyl groups excluding tert-OH is 1. The summed E-state index contributed by atoms with van der Waals surface area (Å²) in [6, 6.07) is 6.55. The van der Waals surface area contributed by atoms with Gasteiger partial charge in [0, 0.05) is 40.5 Å². The largest absolute Gasteiger partial charge is 0.395 e. The summed E-state index contributed by atoms with van der Waals surface area (Å²) >= 11 is 9.87. The molecule has 0 radical (unpaired) electrons. The highest BCUT2D eigenvalue weighted by Gasteiger charge is 2.25. The number of nitrogen functional groups attached to an aromatic ring is 1. The molecule has 0 amide bonds. The Bertz CT molecular complexity index is 1110. The van der Waals surface area contributed by atoms with Gasteiger partial charge >= 0.3 is 0 Å². The molecule has 2 aromatic heterocycles. The summed E-state index contributed by atoms with van der Waals surface area (Å²) in [5.74, 6) is 0. The predicted molar refractivity (Wildman–Crippen MR) is 115 cm³/mol. The van der Waals surface area contributed by atoms with Gasteiger partial charge in [-0.15, -0.1) is 0 Å². The number of rotatable bonds is 2. The Morgan fingerprint density at radius 3 is 2.68 bits per heavy atom. The molecule has 0 atom stereocenters. The van der Waals surface area contributed by atoms with E-state index in [2.05, 4.69) is 43.8 Å². The van der Waals surface area contributed by atoms with Crippen LogP contribution in [-0.2, 0) is 0 Å². The topological polar surface area (TPSA) is 87.9 Å². The quantitative estimate of drug-likeness (QED) is 0.505. The number of pyridine rings is 1. The minimum Gasteiger partial charge on any atom is -0.395 e. The molecule has 3 N–H and O–H groups in total. The van der Waals surface area contributed by atoms with Gasteiger partial charge in [-0.05, 0) is 66.2 Å². The molecule has 0 saturated heterocycles. The molecule has 0 bridgehead atoms. The second-order valence-corrected chi connectivity index (χ2v) is 8.53. The van der Waals surface area contributed by atoms with Gasteiger partial charge < -0.3 is 15.4 Å². The van der Waals surface area contributed by atoms with Gasteiger partial charge in [-0.2, -0.15) is 5.26 Å². The summed E-state index contributed by atoms with van der Waals surface area (Å²) in [7, 11) is 0. The van der Waals surface area contributed by atoms with Gasteiger partial charge in [-0.1, -0.05) is 11.6 Å². The molecule has 28 heavy (non-hydrogen) atoms. The van der Waals surface area contributed by atoms with Crippen LogP contribution in [0.25, 0.3) is 22.0 Å². The van der Waals surface area contributed by atoms with E-state index in [1.807, 2.05) is 13.0 Å². The van der Waals surface area contributed by atoms with Crippen molar-refractivity contribution in [1.29, 1.82) is 5.26 Å². The molecule has 7 heteroatoms. The van der Waals surface area contributed by atoms with Gasteiger partial charge in [-0.25, -0.2) is 4.98 Å². The smallest absolute Gasteiger partial charge is 0.130 e. The van der Waals surface area contributed by atoms with Crippen LogP contribution in [0.4, 0.5) is 5.69 Å². The van der Waals surface area contributed by atoms with Crippen LogP contribution in [-0.4, -0.2) is 20.8 Å². The maximum atomic E-state index is 9.89. The lowest BCUT2D eigenvalue weighted by Crippen LogP contribution is -2.20. The van der Waals surface area contributed by atoms with Crippen LogP contribution in [0.15, 0.2) is 29.1 Å². The maximum absolute atomic E-state index is 9.89. The van der Waals surface area contributed by atoms with Crippen LogP contribution in [0.1, 0.15) is 42.9 Å². The average molecular weight is 460 g/mol. The van der Waals surface area contributed by atoms with Crippen LogP contribution in [0, 0.1) is 18.3 Å². The second kappa shape index (κ2) is 7.40. The van der Waals surface area contributed by atoms with Gasteiger partial charge in [0.1, 0.15) is 4.60 Å². The molecule has 1 aliphatic rings. The minimum absolute atomic E-state index is 0.214. The van der Waals surface area contributed by atoms with E-state index in [-0.39, 0.29) is 6.10 Å². The zero-order valence-corrected chi connectivity index (χ0v) is 17.8. The molecule has 3 aromatic rings. The van der Waals surface area contributed by atoms with E-state index in [1.54, 1.807) is 6.20 Å². The monoisotopic (exact) mass is 458 g/mol. The van der Waals surface area contributed by atoms with Gasteiger partial charge in [0.15, 0.2) is 0 Å². The zero-order valence-electron chi connectivity index (χ0n) is 15.4. The number of fused-ring (bicyclic) bond motifs is 1. The van der Waals surface area contributed by atoms with Crippen molar-refractivity contribution in [3.05, 3.63) is 45.3 Å². The Balaban J connectivity index is 1.96. The number of anilines is 1. The van der Waals surface area contributed by atoms with E-state index < -0.39 is 0 Å². The lowest BCUT2D eigenvalue weighted by atomic mass is 9.93. The van der Waals surface area contributed by atoms with Crippen LogP contribution in [0.5, 0.6) is 0 Å². The van der Waals surface area contributed by atoms with Crippen molar-refractivity contribution in [3.63, 3.8) is 0 Å². The van der Waals surface area contributed by atoms with Crippen molar-refractivity contribution >= 4 is 44.1 Å². The van der Waals surface area contributed by atoms with Crippen LogP contribution in [0.3, 0.4) is 0 Å². The molecule has 1 aromatic carbocycles. The number of hydrogen-bond acceptors (Lipinski definition) is 4. The summed E-state index contributed by atoms with van der Waals surface area (Å²) in [6.07, 6.45) is 7.00. The molecule has 5 nitrogen and oxygen atoms in total. The third kappa shape index (κ3) is 3.18. The van der Waals surface area contributed by atoms with Crippen LogP contribution in [0.2, 0.25) is 5.02 Å². The highest BCUT2D eigenvalue weighted by Crippen LogP contribution is 2.42. The number of hydrogen-bond donors (Lipinski definition) is 2. The van der Waals surface area contributed by atoms with Crippen molar-refractivity contribution in [3.8, 4) is 17.2 Å².